The molecule has 3 aromatic rings. The number of anilines is 1. The average Bonchev–Trinajstić information content (AvgIpc) is 3.13. The lowest BCUT2D eigenvalue weighted by molar-refractivity contribution is -0.113. The van der Waals surface area contributed by atoms with E-state index in [-0.39, 0.29) is 11.4 Å². The van der Waals surface area contributed by atoms with Gasteiger partial charge in [0.1, 0.15) is 28.8 Å². The fourth-order valence-electron chi connectivity index (χ4n) is 2.34. The van der Waals surface area contributed by atoms with Crippen LogP contribution in [0.15, 0.2) is 41.6 Å². The zero-order valence-corrected chi connectivity index (χ0v) is 15.7. The first-order chi connectivity index (χ1) is 13.5. The molecule has 0 bridgehead atoms. The van der Waals surface area contributed by atoms with Gasteiger partial charge in [0, 0.05) is 17.8 Å². The van der Waals surface area contributed by atoms with Crippen molar-refractivity contribution < 1.29 is 23.0 Å². The molecule has 0 atom stereocenters. The third-order valence-electron chi connectivity index (χ3n) is 3.53. The second kappa shape index (κ2) is 8.65. The van der Waals surface area contributed by atoms with Gasteiger partial charge in [0.2, 0.25) is 11.1 Å². The second-order valence-corrected chi connectivity index (χ2v) is 6.35. The predicted molar refractivity (Wildman–Crippen MR) is 98.0 cm³/mol. The Labute approximate surface area is 162 Å². The number of nitrogens with zero attached hydrogens (tertiary/aromatic N) is 4. The average molecular weight is 407 g/mol. The molecule has 2 aromatic carbocycles. The summed E-state index contributed by atoms with van der Waals surface area (Å²) < 4.78 is 38.4. The van der Waals surface area contributed by atoms with Gasteiger partial charge >= 0.3 is 0 Å². The van der Waals surface area contributed by atoms with Crippen LogP contribution in [0.2, 0.25) is 0 Å². The van der Waals surface area contributed by atoms with Crippen molar-refractivity contribution in [1.82, 2.24) is 20.2 Å². The van der Waals surface area contributed by atoms with Crippen molar-refractivity contribution in [2.45, 2.75) is 5.16 Å². The van der Waals surface area contributed by atoms with Gasteiger partial charge in [-0.3, -0.25) is 4.79 Å². The van der Waals surface area contributed by atoms with Crippen LogP contribution in [0.4, 0.5) is 14.5 Å². The maximum Gasteiger partial charge on any atom is 0.234 e. The van der Waals surface area contributed by atoms with E-state index in [0.717, 1.165) is 30.0 Å². The third-order valence-corrected chi connectivity index (χ3v) is 4.45. The van der Waals surface area contributed by atoms with Crippen LogP contribution < -0.4 is 14.8 Å². The van der Waals surface area contributed by atoms with Crippen LogP contribution in [0.3, 0.4) is 0 Å². The summed E-state index contributed by atoms with van der Waals surface area (Å²) in [6, 6.07) is 7.89. The summed E-state index contributed by atoms with van der Waals surface area (Å²) in [4.78, 5) is 12.1. The molecular formula is C17H15F2N5O3S. The summed E-state index contributed by atoms with van der Waals surface area (Å²) in [5.41, 5.74) is 0.555. The number of methoxy groups -OCH3 is 2. The Kier molecular flexibility index (Phi) is 6.04. The van der Waals surface area contributed by atoms with E-state index in [4.69, 9.17) is 9.47 Å². The number of hydrogen-bond donors (Lipinski definition) is 1. The number of halogens is 2. The number of amides is 1. The number of aromatic nitrogens is 4. The van der Waals surface area contributed by atoms with Crippen molar-refractivity contribution in [3.8, 4) is 17.2 Å². The number of nitrogens with one attached hydrogen (secondary N) is 1. The first kappa shape index (κ1) is 19.5. The molecule has 3 rings (SSSR count). The Bertz CT molecular complexity index is 978. The molecule has 0 saturated carbocycles. The zero-order chi connectivity index (χ0) is 20.1. The molecule has 0 spiro atoms. The summed E-state index contributed by atoms with van der Waals surface area (Å²) >= 11 is 1.05. The van der Waals surface area contributed by atoms with E-state index in [1.165, 1.54) is 18.9 Å². The van der Waals surface area contributed by atoms with Crippen LogP contribution in [-0.2, 0) is 4.79 Å². The van der Waals surface area contributed by atoms with Gasteiger partial charge in [-0.15, -0.1) is 5.10 Å². The number of tetrazole rings is 1. The molecule has 1 heterocycles. The number of carbonyl (C=O) groups excluding carboxylic acids is 1. The first-order valence-corrected chi connectivity index (χ1v) is 8.88. The number of hydrogen-bond acceptors (Lipinski definition) is 7. The minimum absolute atomic E-state index is 0.0251. The molecule has 146 valence electrons. The minimum atomic E-state index is -0.781. The topological polar surface area (TPSA) is 91.2 Å². The second-order valence-electron chi connectivity index (χ2n) is 5.41. The van der Waals surface area contributed by atoms with E-state index in [0.29, 0.717) is 22.3 Å². The minimum Gasteiger partial charge on any atom is -0.497 e. The monoisotopic (exact) mass is 407 g/mol. The van der Waals surface area contributed by atoms with E-state index in [1.807, 2.05) is 0 Å². The van der Waals surface area contributed by atoms with Crippen molar-refractivity contribution in [3.63, 3.8) is 0 Å². The molecular weight excluding hydrogens is 392 g/mol. The summed E-state index contributed by atoms with van der Waals surface area (Å²) in [6.45, 7) is 0. The summed E-state index contributed by atoms with van der Waals surface area (Å²) in [5, 5.41) is 14.2. The molecule has 11 heteroatoms. The number of carbonyl (C=O) groups is 1. The number of rotatable bonds is 7. The molecule has 0 radical (unpaired) electrons. The van der Waals surface area contributed by atoms with Gasteiger partial charge in [-0.25, -0.2) is 8.78 Å². The smallest absolute Gasteiger partial charge is 0.234 e. The van der Waals surface area contributed by atoms with Gasteiger partial charge < -0.3 is 14.8 Å². The van der Waals surface area contributed by atoms with Crippen LogP contribution in [0.5, 0.6) is 11.5 Å². The maximum absolute atomic E-state index is 13.2. The van der Waals surface area contributed by atoms with Gasteiger partial charge in [-0.2, -0.15) is 4.68 Å². The van der Waals surface area contributed by atoms with Crippen molar-refractivity contribution in [2.75, 3.05) is 25.3 Å². The van der Waals surface area contributed by atoms with Crippen LogP contribution in [0.1, 0.15) is 0 Å². The van der Waals surface area contributed by atoms with Gasteiger partial charge in [0.05, 0.1) is 20.0 Å². The molecule has 0 saturated heterocycles. The van der Waals surface area contributed by atoms with E-state index in [2.05, 4.69) is 20.8 Å². The third kappa shape index (κ3) is 4.55. The largest absolute Gasteiger partial charge is 0.497 e. The van der Waals surface area contributed by atoms with Gasteiger partial charge in [-0.1, -0.05) is 11.8 Å². The highest BCUT2D eigenvalue weighted by atomic mass is 32.2. The fraction of sp³-hybridized carbons (Fsp3) is 0.176. The highest BCUT2D eigenvalue weighted by molar-refractivity contribution is 7.99. The summed E-state index contributed by atoms with van der Waals surface area (Å²) in [5.74, 6) is -1.02. The fourth-order valence-corrected chi connectivity index (χ4v) is 3.02. The van der Waals surface area contributed by atoms with Crippen molar-refractivity contribution in [1.29, 1.82) is 0 Å². The van der Waals surface area contributed by atoms with Crippen molar-refractivity contribution in [2.24, 2.45) is 0 Å². The van der Waals surface area contributed by atoms with E-state index >= 15 is 0 Å². The molecule has 0 aliphatic heterocycles. The highest BCUT2D eigenvalue weighted by Crippen LogP contribution is 2.29. The number of ether oxygens (including phenoxy) is 2. The predicted octanol–water partition coefficient (Wildman–Crippen LogP) is 2.69. The maximum atomic E-state index is 13.2. The van der Waals surface area contributed by atoms with Crippen molar-refractivity contribution in [3.05, 3.63) is 48.0 Å². The van der Waals surface area contributed by atoms with Crippen LogP contribution >= 0.6 is 11.8 Å². The Morgan fingerprint density at radius 2 is 1.89 bits per heavy atom. The zero-order valence-electron chi connectivity index (χ0n) is 14.8. The Morgan fingerprint density at radius 3 is 2.57 bits per heavy atom. The molecule has 1 aromatic heterocycles. The van der Waals surface area contributed by atoms with Crippen molar-refractivity contribution >= 4 is 23.4 Å². The molecule has 8 nitrogen and oxygen atoms in total. The Hall–Kier alpha value is -3.21. The Balaban J connectivity index is 1.73. The molecule has 0 aliphatic carbocycles. The summed E-state index contributed by atoms with van der Waals surface area (Å²) in [6.07, 6.45) is 0. The molecule has 0 aliphatic rings. The van der Waals surface area contributed by atoms with Crippen LogP contribution in [0, 0.1) is 11.6 Å². The molecule has 1 amide bonds. The quantitative estimate of drug-likeness (QED) is 0.602. The van der Waals surface area contributed by atoms with Gasteiger partial charge in [0.25, 0.3) is 0 Å². The lowest BCUT2D eigenvalue weighted by Crippen LogP contribution is -2.15. The van der Waals surface area contributed by atoms with E-state index < -0.39 is 17.5 Å². The van der Waals surface area contributed by atoms with Gasteiger partial charge in [0.15, 0.2) is 0 Å². The number of thioether (sulfide) groups is 1. The molecule has 0 fully saturated rings. The molecule has 28 heavy (non-hydrogen) atoms. The van der Waals surface area contributed by atoms with Crippen LogP contribution in [-0.4, -0.2) is 46.1 Å². The standard InChI is InChI=1S/C17H15F2N5O3S/c1-26-13-3-4-15(27-2)14(8-13)24-17(21-22-23-24)28-9-16(25)20-12-6-10(18)5-11(19)7-12/h3-8H,9H2,1-2H3,(H,20,25). The number of benzene rings is 2. The van der Waals surface area contributed by atoms with Gasteiger partial charge in [-0.05, 0) is 34.7 Å². The Morgan fingerprint density at radius 1 is 1.14 bits per heavy atom. The van der Waals surface area contributed by atoms with Crippen LogP contribution in [0.25, 0.3) is 5.69 Å². The molecule has 1 N–H and O–H groups in total. The molecule has 0 unspecified atom stereocenters. The summed E-state index contributed by atoms with van der Waals surface area (Å²) in [7, 11) is 3.04. The normalized spacial score (nSPS) is 10.6. The highest BCUT2D eigenvalue weighted by Gasteiger charge is 2.16. The lowest BCUT2D eigenvalue weighted by Gasteiger charge is -2.11. The lowest BCUT2D eigenvalue weighted by atomic mass is 10.3. The van der Waals surface area contributed by atoms with E-state index in [1.54, 1.807) is 18.2 Å². The van der Waals surface area contributed by atoms with E-state index in [9.17, 15) is 13.6 Å². The first-order valence-electron chi connectivity index (χ1n) is 7.89. The SMILES string of the molecule is COc1ccc(OC)c(-n2nnnc2SCC(=O)Nc2cc(F)cc(F)c2)c1.